The first kappa shape index (κ1) is 19.9. The molecule has 2 amide bonds. The van der Waals surface area contributed by atoms with Crippen LogP contribution in [0.15, 0.2) is 54.7 Å². The molecule has 2 aromatic carbocycles. The van der Waals surface area contributed by atoms with Crippen LogP contribution in [0.3, 0.4) is 0 Å². The summed E-state index contributed by atoms with van der Waals surface area (Å²) in [5.74, 6) is 1.95. The Morgan fingerprint density at radius 1 is 1.17 bits per heavy atom. The Kier molecular flexibility index (Phi) is 5.79. The van der Waals surface area contributed by atoms with Crippen LogP contribution in [0.25, 0.3) is 5.69 Å². The summed E-state index contributed by atoms with van der Waals surface area (Å²) in [7, 11) is 1.53. The number of carbonyl (C=O) groups excluding carboxylic acids is 2. The van der Waals surface area contributed by atoms with Gasteiger partial charge < -0.3 is 5.32 Å². The molecule has 1 N–H and O–H groups in total. The standard InChI is InChI=1S/C23H22N4O2/c1-5-18-10-8-11-19(13-18)26(15-22(28)24-4)23(29)20-14-25-27(17(20)3)21-12-7-6-9-16(21)2/h1,6-14H,15H2,2-4H3,(H,24,28). The molecule has 0 saturated heterocycles. The van der Waals surface area contributed by atoms with E-state index in [1.165, 1.54) is 18.1 Å². The lowest BCUT2D eigenvalue weighted by Crippen LogP contribution is -2.40. The zero-order chi connectivity index (χ0) is 21.0. The van der Waals surface area contributed by atoms with Crippen molar-refractivity contribution >= 4 is 17.5 Å². The Balaban J connectivity index is 2.03. The van der Waals surface area contributed by atoms with E-state index in [9.17, 15) is 9.59 Å². The fraction of sp³-hybridized carbons (Fsp3) is 0.174. The SMILES string of the molecule is C#Cc1cccc(N(CC(=O)NC)C(=O)c2cnn(-c3ccccc3C)c2C)c1. The highest BCUT2D eigenvalue weighted by molar-refractivity contribution is 6.09. The van der Waals surface area contributed by atoms with Crippen LogP contribution < -0.4 is 10.2 Å². The number of anilines is 1. The zero-order valence-corrected chi connectivity index (χ0v) is 16.6. The summed E-state index contributed by atoms with van der Waals surface area (Å²) in [5, 5.41) is 6.97. The predicted molar refractivity (Wildman–Crippen MR) is 113 cm³/mol. The molecule has 29 heavy (non-hydrogen) atoms. The second-order valence-corrected chi connectivity index (χ2v) is 6.60. The summed E-state index contributed by atoms with van der Waals surface area (Å²) in [6.07, 6.45) is 7.03. The number of nitrogens with zero attached hydrogens (tertiary/aromatic N) is 3. The van der Waals surface area contributed by atoms with E-state index in [1.807, 2.05) is 38.1 Å². The van der Waals surface area contributed by atoms with Gasteiger partial charge in [0.15, 0.2) is 0 Å². The van der Waals surface area contributed by atoms with Gasteiger partial charge in [-0.15, -0.1) is 6.42 Å². The summed E-state index contributed by atoms with van der Waals surface area (Å²) < 4.78 is 1.73. The topological polar surface area (TPSA) is 67.2 Å². The van der Waals surface area contributed by atoms with Crippen LogP contribution in [0.4, 0.5) is 5.69 Å². The van der Waals surface area contributed by atoms with Gasteiger partial charge >= 0.3 is 0 Å². The number of aryl methyl sites for hydroxylation is 1. The van der Waals surface area contributed by atoms with Crippen molar-refractivity contribution in [2.45, 2.75) is 13.8 Å². The minimum atomic E-state index is -0.319. The van der Waals surface area contributed by atoms with Gasteiger partial charge in [-0.25, -0.2) is 4.68 Å². The number of nitrogens with one attached hydrogen (secondary N) is 1. The Hall–Kier alpha value is -3.85. The van der Waals surface area contributed by atoms with Crippen molar-refractivity contribution in [3.8, 4) is 18.0 Å². The van der Waals surface area contributed by atoms with Gasteiger partial charge in [0.25, 0.3) is 5.91 Å². The molecule has 0 unspecified atom stereocenters. The van der Waals surface area contributed by atoms with Gasteiger partial charge in [0.1, 0.15) is 6.54 Å². The minimum absolute atomic E-state index is 0.127. The van der Waals surface area contributed by atoms with Crippen molar-refractivity contribution in [3.63, 3.8) is 0 Å². The first-order valence-corrected chi connectivity index (χ1v) is 9.16. The van der Waals surface area contributed by atoms with Crippen LogP contribution in [0.5, 0.6) is 0 Å². The summed E-state index contributed by atoms with van der Waals surface area (Å²) >= 11 is 0. The lowest BCUT2D eigenvalue weighted by Gasteiger charge is -2.22. The molecule has 6 heteroatoms. The van der Waals surface area contributed by atoms with Crippen molar-refractivity contribution in [3.05, 3.63) is 77.1 Å². The van der Waals surface area contributed by atoms with E-state index >= 15 is 0 Å². The molecule has 6 nitrogen and oxygen atoms in total. The number of likely N-dealkylation sites (N-methyl/N-ethyl adjacent to an activating group) is 1. The molecule has 0 fully saturated rings. The number of aromatic nitrogens is 2. The molecule has 0 bridgehead atoms. The summed E-state index contributed by atoms with van der Waals surface area (Å²) in [4.78, 5) is 26.9. The fourth-order valence-electron chi connectivity index (χ4n) is 3.08. The predicted octanol–water partition coefficient (Wildman–Crippen LogP) is 2.86. The van der Waals surface area contributed by atoms with Crippen LogP contribution in [0.1, 0.15) is 27.2 Å². The molecule has 0 spiro atoms. The van der Waals surface area contributed by atoms with Crippen LogP contribution in [0.2, 0.25) is 0 Å². The van der Waals surface area contributed by atoms with Crippen LogP contribution >= 0.6 is 0 Å². The quantitative estimate of drug-likeness (QED) is 0.686. The highest BCUT2D eigenvalue weighted by atomic mass is 16.2. The number of benzene rings is 2. The van der Waals surface area contributed by atoms with E-state index in [-0.39, 0.29) is 18.4 Å². The van der Waals surface area contributed by atoms with Gasteiger partial charge in [0, 0.05) is 18.3 Å². The Bertz CT molecular complexity index is 1110. The zero-order valence-electron chi connectivity index (χ0n) is 16.6. The smallest absolute Gasteiger partial charge is 0.262 e. The monoisotopic (exact) mass is 386 g/mol. The van der Waals surface area contributed by atoms with Crippen molar-refractivity contribution in [2.75, 3.05) is 18.5 Å². The number of carbonyl (C=O) groups is 2. The molecule has 0 saturated carbocycles. The molecule has 0 radical (unpaired) electrons. The molecule has 0 aliphatic heterocycles. The number of amides is 2. The molecular formula is C23H22N4O2. The van der Waals surface area contributed by atoms with Gasteiger partial charge in [-0.05, 0) is 43.7 Å². The van der Waals surface area contributed by atoms with Gasteiger partial charge in [0.2, 0.25) is 5.91 Å². The highest BCUT2D eigenvalue weighted by Gasteiger charge is 2.24. The minimum Gasteiger partial charge on any atom is -0.358 e. The average Bonchev–Trinajstić information content (AvgIpc) is 3.12. The number of hydrogen-bond donors (Lipinski definition) is 1. The molecule has 0 atom stereocenters. The Morgan fingerprint density at radius 2 is 1.93 bits per heavy atom. The molecule has 1 heterocycles. The molecular weight excluding hydrogens is 364 g/mol. The van der Waals surface area contributed by atoms with Crippen molar-refractivity contribution in [2.24, 2.45) is 0 Å². The molecule has 146 valence electrons. The Morgan fingerprint density at radius 3 is 2.62 bits per heavy atom. The number of rotatable bonds is 5. The molecule has 0 aliphatic rings. The van der Waals surface area contributed by atoms with E-state index in [2.05, 4.69) is 16.3 Å². The maximum Gasteiger partial charge on any atom is 0.262 e. The lowest BCUT2D eigenvalue weighted by atomic mass is 10.1. The third-order valence-electron chi connectivity index (χ3n) is 4.73. The van der Waals surface area contributed by atoms with Gasteiger partial charge in [0.05, 0.1) is 23.1 Å². The largest absolute Gasteiger partial charge is 0.358 e. The molecule has 1 aromatic heterocycles. The van der Waals surface area contributed by atoms with Crippen LogP contribution in [-0.4, -0.2) is 35.2 Å². The van der Waals surface area contributed by atoms with E-state index in [0.717, 1.165) is 11.3 Å². The molecule has 3 aromatic rings. The van der Waals surface area contributed by atoms with Crippen molar-refractivity contribution in [1.82, 2.24) is 15.1 Å². The third kappa shape index (κ3) is 4.04. The number of para-hydroxylation sites is 1. The third-order valence-corrected chi connectivity index (χ3v) is 4.73. The second-order valence-electron chi connectivity index (χ2n) is 6.60. The van der Waals surface area contributed by atoms with E-state index < -0.39 is 0 Å². The van der Waals surface area contributed by atoms with E-state index in [4.69, 9.17) is 6.42 Å². The lowest BCUT2D eigenvalue weighted by molar-refractivity contribution is -0.119. The van der Waals surface area contributed by atoms with Crippen LogP contribution in [0, 0.1) is 26.2 Å². The highest BCUT2D eigenvalue weighted by Crippen LogP contribution is 2.22. The summed E-state index contributed by atoms with van der Waals surface area (Å²) in [6, 6.07) is 14.8. The van der Waals surface area contributed by atoms with Crippen molar-refractivity contribution in [1.29, 1.82) is 0 Å². The maximum absolute atomic E-state index is 13.4. The van der Waals surface area contributed by atoms with Gasteiger partial charge in [-0.3, -0.25) is 14.5 Å². The number of hydrogen-bond acceptors (Lipinski definition) is 3. The average molecular weight is 386 g/mol. The summed E-state index contributed by atoms with van der Waals surface area (Å²) in [5.41, 5.74) is 4.24. The van der Waals surface area contributed by atoms with E-state index in [1.54, 1.807) is 28.9 Å². The van der Waals surface area contributed by atoms with Crippen molar-refractivity contribution < 1.29 is 9.59 Å². The van der Waals surface area contributed by atoms with E-state index in [0.29, 0.717) is 22.5 Å². The molecule has 0 aliphatic carbocycles. The normalized spacial score (nSPS) is 10.3. The first-order valence-electron chi connectivity index (χ1n) is 9.16. The second kappa shape index (κ2) is 8.44. The first-order chi connectivity index (χ1) is 14.0. The summed E-state index contributed by atoms with van der Waals surface area (Å²) in [6.45, 7) is 3.70. The fourth-order valence-corrected chi connectivity index (χ4v) is 3.08. The van der Waals surface area contributed by atoms with Gasteiger partial charge in [-0.1, -0.05) is 30.2 Å². The maximum atomic E-state index is 13.4. The number of terminal acetylenes is 1. The van der Waals surface area contributed by atoms with Gasteiger partial charge in [-0.2, -0.15) is 5.10 Å². The molecule has 3 rings (SSSR count). The van der Waals surface area contributed by atoms with Crippen LogP contribution in [-0.2, 0) is 4.79 Å². The Labute approximate surface area is 170 Å².